The van der Waals surface area contributed by atoms with E-state index in [0.717, 1.165) is 38.5 Å². The second-order valence-corrected chi connectivity index (χ2v) is 5.91. The SMILES string of the molecule is CCCCCCCCC[C@H](O)CCCC[C@H](O)CC. The fraction of sp³-hybridized carbons (Fsp3) is 1.00. The lowest BCUT2D eigenvalue weighted by Crippen LogP contribution is -2.08. The van der Waals surface area contributed by atoms with Gasteiger partial charge in [0.2, 0.25) is 0 Å². The standard InChI is InChI=1S/C17H36O2/c1-3-5-6-7-8-9-10-14-17(19)15-12-11-13-16(18)4-2/h16-19H,3-15H2,1-2H3/t16-,17+/m1/s1. The number of hydrogen-bond donors (Lipinski definition) is 2. The monoisotopic (exact) mass is 272 g/mol. The molecule has 0 aliphatic carbocycles. The van der Waals surface area contributed by atoms with Gasteiger partial charge in [-0.3, -0.25) is 0 Å². The first-order chi connectivity index (χ1) is 9.20. The molecule has 0 aliphatic rings. The summed E-state index contributed by atoms with van der Waals surface area (Å²) in [6.07, 6.45) is 14.6. The first kappa shape index (κ1) is 18.9. The van der Waals surface area contributed by atoms with Crippen LogP contribution in [0.3, 0.4) is 0 Å². The number of hydrogen-bond acceptors (Lipinski definition) is 2. The predicted molar refractivity (Wildman–Crippen MR) is 83.4 cm³/mol. The maximum Gasteiger partial charge on any atom is 0.0540 e. The van der Waals surface area contributed by atoms with Crippen LogP contribution in [0, 0.1) is 0 Å². The van der Waals surface area contributed by atoms with Crippen molar-refractivity contribution in [3.05, 3.63) is 0 Å². The van der Waals surface area contributed by atoms with Gasteiger partial charge in [-0.2, -0.15) is 0 Å². The lowest BCUT2D eigenvalue weighted by atomic mass is 10.0. The molecule has 19 heavy (non-hydrogen) atoms. The van der Waals surface area contributed by atoms with Crippen LogP contribution in [0.1, 0.15) is 97.3 Å². The molecule has 0 saturated carbocycles. The van der Waals surface area contributed by atoms with Crippen LogP contribution in [0.5, 0.6) is 0 Å². The summed E-state index contributed by atoms with van der Waals surface area (Å²) in [5.74, 6) is 0. The first-order valence-electron chi connectivity index (χ1n) is 8.56. The molecule has 0 heterocycles. The maximum absolute atomic E-state index is 9.85. The van der Waals surface area contributed by atoms with E-state index in [1.807, 2.05) is 6.92 Å². The van der Waals surface area contributed by atoms with Crippen LogP contribution in [-0.2, 0) is 0 Å². The highest BCUT2D eigenvalue weighted by atomic mass is 16.3. The summed E-state index contributed by atoms with van der Waals surface area (Å²) in [6, 6.07) is 0. The molecule has 0 amide bonds. The fourth-order valence-corrected chi connectivity index (χ4v) is 2.45. The molecule has 0 spiro atoms. The highest BCUT2D eigenvalue weighted by Crippen LogP contribution is 2.14. The molecule has 2 nitrogen and oxygen atoms in total. The minimum atomic E-state index is -0.139. The molecule has 0 bridgehead atoms. The molecule has 0 fully saturated rings. The third-order valence-electron chi connectivity index (χ3n) is 3.94. The molecule has 0 unspecified atom stereocenters. The molecule has 0 aromatic rings. The molecule has 0 aromatic heterocycles. The van der Waals surface area contributed by atoms with Crippen molar-refractivity contribution in [2.45, 2.75) is 110 Å². The van der Waals surface area contributed by atoms with Gasteiger partial charge >= 0.3 is 0 Å². The van der Waals surface area contributed by atoms with Gasteiger partial charge in [-0.15, -0.1) is 0 Å². The molecular weight excluding hydrogens is 236 g/mol. The summed E-state index contributed by atoms with van der Waals surface area (Å²) in [5.41, 5.74) is 0. The Labute approximate surface area is 120 Å². The Balaban J connectivity index is 3.19. The largest absolute Gasteiger partial charge is 0.393 e. The average molecular weight is 272 g/mol. The Hall–Kier alpha value is -0.0800. The minimum absolute atomic E-state index is 0.116. The Morgan fingerprint density at radius 2 is 1.00 bits per heavy atom. The minimum Gasteiger partial charge on any atom is -0.393 e. The van der Waals surface area contributed by atoms with E-state index in [1.54, 1.807) is 0 Å². The van der Waals surface area contributed by atoms with Crippen molar-refractivity contribution in [3.63, 3.8) is 0 Å². The third-order valence-corrected chi connectivity index (χ3v) is 3.94. The van der Waals surface area contributed by atoms with E-state index in [4.69, 9.17) is 0 Å². The molecule has 2 heteroatoms. The third kappa shape index (κ3) is 14.1. The van der Waals surface area contributed by atoms with Crippen molar-refractivity contribution in [2.24, 2.45) is 0 Å². The van der Waals surface area contributed by atoms with E-state index in [2.05, 4.69) is 6.92 Å². The summed E-state index contributed by atoms with van der Waals surface area (Å²) in [6.45, 7) is 4.26. The summed E-state index contributed by atoms with van der Waals surface area (Å²) < 4.78 is 0. The van der Waals surface area contributed by atoms with Crippen LogP contribution >= 0.6 is 0 Å². The molecule has 0 radical (unpaired) electrons. The van der Waals surface area contributed by atoms with Crippen molar-refractivity contribution >= 4 is 0 Å². The van der Waals surface area contributed by atoms with Crippen molar-refractivity contribution in [1.29, 1.82) is 0 Å². The van der Waals surface area contributed by atoms with Crippen LogP contribution in [0.4, 0.5) is 0 Å². The Morgan fingerprint density at radius 3 is 1.53 bits per heavy atom. The number of rotatable bonds is 14. The lowest BCUT2D eigenvalue weighted by Gasteiger charge is -2.11. The topological polar surface area (TPSA) is 40.5 Å². The summed E-state index contributed by atoms with van der Waals surface area (Å²) in [4.78, 5) is 0. The van der Waals surface area contributed by atoms with Crippen LogP contribution in [0.2, 0.25) is 0 Å². The van der Waals surface area contributed by atoms with Crippen molar-refractivity contribution in [3.8, 4) is 0 Å². The highest BCUT2D eigenvalue weighted by Gasteiger charge is 2.05. The zero-order valence-electron chi connectivity index (χ0n) is 13.2. The molecule has 0 aliphatic heterocycles. The second kappa shape index (κ2) is 14.3. The van der Waals surface area contributed by atoms with Crippen LogP contribution in [0.15, 0.2) is 0 Å². The summed E-state index contributed by atoms with van der Waals surface area (Å²) >= 11 is 0. The quantitative estimate of drug-likeness (QED) is 0.445. The van der Waals surface area contributed by atoms with Crippen LogP contribution < -0.4 is 0 Å². The van der Waals surface area contributed by atoms with E-state index in [0.29, 0.717) is 0 Å². The van der Waals surface area contributed by atoms with E-state index < -0.39 is 0 Å². The van der Waals surface area contributed by atoms with Gasteiger partial charge < -0.3 is 10.2 Å². The van der Waals surface area contributed by atoms with Gasteiger partial charge in [-0.1, -0.05) is 71.6 Å². The van der Waals surface area contributed by atoms with E-state index in [-0.39, 0.29) is 12.2 Å². The molecule has 2 N–H and O–H groups in total. The molecule has 0 aromatic carbocycles. The maximum atomic E-state index is 9.85. The molecular formula is C17H36O2. The van der Waals surface area contributed by atoms with Gasteiger partial charge in [0.15, 0.2) is 0 Å². The van der Waals surface area contributed by atoms with Gasteiger partial charge in [-0.25, -0.2) is 0 Å². The van der Waals surface area contributed by atoms with Crippen molar-refractivity contribution in [2.75, 3.05) is 0 Å². The van der Waals surface area contributed by atoms with Gasteiger partial charge in [0.25, 0.3) is 0 Å². The highest BCUT2D eigenvalue weighted by molar-refractivity contribution is 4.59. The van der Waals surface area contributed by atoms with E-state index in [9.17, 15) is 10.2 Å². The number of unbranched alkanes of at least 4 members (excludes halogenated alkanes) is 7. The number of aliphatic hydroxyl groups excluding tert-OH is 2. The summed E-state index contributed by atoms with van der Waals surface area (Å²) in [7, 11) is 0. The molecule has 0 saturated heterocycles. The second-order valence-electron chi connectivity index (χ2n) is 5.91. The van der Waals surface area contributed by atoms with Gasteiger partial charge in [0, 0.05) is 0 Å². The normalized spacial score (nSPS) is 14.5. The van der Waals surface area contributed by atoms with Crippen molar-refractivity contribution < 1.29 is 10.2 Å². The predicted octanol–water partition coefficient (Wildman–Crippen LogP) is 4.82. The summed E-state index contributed by atoms with van der Waals surface area (Å²) in [5, 5.41) is 19.3. The fourth-order valence-electron chi connectivity index (χ4n) is 2.45. The molecule has 0 rings (SSSR count). The Morgan fingerprint density at radius 1 is 0.579 bits per heavy atom. The first-order valence-corrected chi connectivity index (χ1v) is 8.56. The smallest absolute Gasteiger partial charge is 0.0540 e. The van der Waals surface area contributed by atoms with E-state index in [1.165, 1.54) is 44.9 Å². The molecule has 116 valence electrons. The zero-order chi connectivity index (χ0) is 14.3. The zero-order valence-corrected chi connectivity index (χ0v) is 13.2. The van der Waals surface area contributed by atoms with Gasteiger partial charge in [0.1, 0.15) is 0 Å². The van der Waals surface area contributed by atoms with Crippen molar-refractivity contribution in [1.82, 2.24) is 0 Å². The van der Waals surface area contributed by atoms with Crippen LogP contribution in [-0.4, -0.2) is 22.4 Å². The van der Waals surface area contributed by atoms with Crippen LogP contribution in [0.25, 0.3) is 0 Å². The Kier molecular flexibility index (Phi) is 14.3. The van der Waals surface area contributed by atoms with E-state index >= 15 is 0 Å². The average Bonchev–Trinajstić information content (AvgIpc) is 2.42. The van der Waals surface area contributed by atoms with Gasteiger partial charge in [-0.05, 0) is 25.7 Å². The lowest BCUT2D eigenvalue weighted by molar-refractivity contribution is 0.135. The molecule has 2 atom stereocenters. The number of aliphatic hydroxyl groups is 2. The Bertz CT molecular complexity index is 171. The van der Waals surface area contributed by atoms with Gasteiger partial charge in [0.05, 0.1) is 12.2 Å².